The second kappa shape index (κ2) is 7.48. The molecule has 1 heterocycles. The zero-order valence-electron chi connectivity index (χ0n) is 10.9. The number of aromatic nitrogens is 1. The van der Waals surface area contributed by atoms with Crippen LogP contribution in [0.5, 0.6) is 0 Å². The van der Waals surface area contributed by atoms with Crippen molar-refractivity contribution >= 4 is 40.0 Å². The number of hydrogen-bond donors (Lipinski definition) is 3. The molecule has 4 N–H and O–H groups in total. The van der Waals surface area contributed by atoms with Crippen LogP contribution in [0.1, 0.15) is 29.9 Å². The molecule has 5 nitrogen and oxygen atoms in total. The molecule has 0 spiro atoms. The van der Waals surface area contributed by atoms with Gasteiger partial charge in [0.15, 0.2) is 5.13 Å². The molecule has 0 fully saturated rings. The van der Waals surface area contributed by atoms with Crippen molar-refractivity contribution in [3.8, 4) is 0 Å². The molecule has 1 rings (SSSR count). The molecule has 0 aliphatic heterocycles. The fourth-order valence-electron chi connectivity index (χ4n) is 1.38. The van der Waals surface area contributed by atoms with Crippen molar-refractivity contribution in [2.45, 2.75) is 26.3 Å². The largest absolute Gasteiger partial charge is 0.382 e. The van der Waals surface area contributed by atoms with E-state index in [1.54, 1.807) is 11.8 Å². The maximum Gasteiger partial charge on any atom is 0.265 e. The Morgan fingerprint density at radius 3 is 2.94 bits per heavy atom. The summed E-state index contributed by atoms with van der Waals surface area (Å²) in [6.45, 7) is 4.73. The summed E-state index contributed by atoms with van der Waals surface area (Å²) in [6, 6.07) is 0.147. The summed E-state index contributed by atoms with van der Waals surface area (Å²) in [5, 5.41) is 6.68. The van der Waals surface area contributed by atoms with Gasteiger partial charge in [-0.3, -0.25) is 4.79 Å². The van der Waals surface area contributed by atoms with Crippen molar-refractivity contribution in [3.05, 3.63) is 4.88 Å². The van der Waals surface area contributed by atoms with Gasteiger partial charge in [0, 0.05) is 12.6 Å². The molecule has 1 amide bonds. The quantitative estimate of drug-likeness (QED) is 0.715. The lowest BCUT2D eigenvalue weighted by atomic mass is 10.2. The minimum absolute atomic E-state index is 0.136. The van der Waals surface area contributed by atoms with Gasteiger partial charge in [-0.25, -0.2) is 4.98 Å². The van der Waals surface area contributed by atoms with Crippen LogP contribution in [0.4, 0.5) is 10.9 Å². The third-order valence-corrected chi connectivity index (χ3v) is 3.99. The second-order valence-electron chi connectivity index (χ2n) is 3.92. The van der Waals surface area contributed by atoms with Crippen molar-refractivity contribution in [1.29, 1.82) is 0 Å². The molecule has 1 aromatic rings. The summed E-state index contributed by atoms with van der Waals surface area (Å²) in [4.78, 5) is 16.6. The van der Waals surface area contributed by atoms with Crippen molar-refractivity contribution < 1.29 is 4.79 Å². The van der Waals surface area contributed by atoms with Crippen LogP contribution in [0, 0.1) is 0 Å². The zero-order chi connectivity index (χ0) is 13.5. The van der Waals surface area contributed by atoms with Crippen LogP contribution in [-0.4, -0.2) is 35.5 Å². The lowest BCUT2D eigenvalue weighted by Gasteiger charge is -2.12. The van der Waals surface area contributed by atoms with Crippen molar-refractivity contribution in [2.75, 3.05) is 29.6 Å². The van der Waals surface area contributed by atoms with Gasteiger partial charge in [-0.2, -0.15) is 11.8 Å². The topological polar surface area (TPSA) is 80.0 Å². The Bertz CT molecular complexity index is 394. The molecule has 102 valence electrons. The van der Waals surface area contributed by atoms with Gasteiger partial charge >= 0.3 is 0 Å². The average Bonchev–Trinajstić information content (AvgIpc) is 2.68. The number of hydrogen-bond acceptors (Lipinski definition) is 6. The summed E-state index contributed by atoms with van der Waals surface area (Å²) < 4.78 is 0. The Hall–Kier alpha value is -0.950. The minimum atomic E-state index is -0.136. The maximum atomic E-state index is 12.0. The number of amides is 1. The van der Waals surface area contributed by atoms with E-state index >= 15 is 0 Å². The fraction of sp³-hybridized carbons (Fsp3) is 0.636. The SMILES string of the molecule is CCNc1nc(N)c(C(=O)NC(C)CCSC)s1. The Morgan fingerprint density at radius 2 is 2.33 bits per heavy atom. The lowest BCUT2D eigenvalue weighted by Crippen LogP contribution is -2.32. The van der Waals surface area contributed by atoms with Crippen molar-refractivity contribution in [1.82, 2.24) is 10.3 Å². The van der Waals surface area contributed by atoms with Gasteiger partial charge in [-0.05, 0) is 32.3 Å². The normalized spacial score (nSPS) is 12.2. The number of thioether (sulfide) groups is 1. The number of nitrogens with zero attached hydrogens (tertiary/aromatic N) is 1. The first-order chi connectivity index (χ1) is 8.58. The van der Waals surface area contributed by atoms with Crippen LogP contribution in [0.3, 0.4) is 0 Å². The van der Waals surface area contributed by atoms with E-state index in [0.717, 1.165) is 18.7 Å². The number of carbonyl (C=O) groups is 1. The molecule has 1 atom stereocenters. The molecule has 1 aromatic heterocycles. The van der Waals surface area contributed by atoms with E-state index in [4.69, 9.17) is 5.73 Å². The molecule has 0 aliphatic rings. The van der Waals surface area contributed by atoms with Gasteiger partial charge in [0.1, 0.15) is 10.7 Å². The highest BCUT2D eigenvalue weighted by molar-refractivity contribution is 7.98. The van der Waals surface area contributed by atoms with Crippen LogP contribution in [0.25, 0.3) is 0 Å². The highest BCUT2D eigenvalue weighted by Gasteiger charge is 2.17. The maximum absolute atomic E-state index is 12.0. The molecular formula is C11H20N4OS2. The Balaban J connectivity index is 2.60. The zero-order valence-corrected chi connectivity index (χ0v) is 12.6. The van der Waals surface area contributed by atoms with Crippen LogP contribution in [0.15, 0.2) is 0 Å². The van der Waals surface area contributed by atoms with E-state index in [9.17, 15) is 4.79 Å². The first kappa shape index (κ1) is 15.1. The van der Waals surface area contributed by atoms with E-state index in [-0.39, 0.29) is 11.9 Å². The van der Waals surface area contributed by atoms with E-state index < -0.39 is 0 Å². The van der Waals surface area contributed by atoms with E-state index in [0.29, 0.717) is 15.8 Å². The number of carbonyl (C=O) groups excluding carboxylic acids is 1. The molecular weight excluding hydrogens is 268 g/mol. The number of nitrogen functional groups attached to an aromatic ring is 1. The van der Waals surface area contributed by atoms with E-state index in [1.165, 1.54) is 11.3 Å². The summed E-state index contributed by atoms with van der Waals surface area (Å²) in [6.07, 6.45) is 3.00. The van der Waals surface area contributed by atoms with Gasteiger partial charge in [0.25, 0.3) is 5.91 Å². The van der Waals surface area contributed by atoms with Gasteiger partial charge in [-0.1, -0.05) is 11.3 Å². The molecule has 0 aliphatic carbocycles. The van der Waals surface area contributed by atoms with Gasteiger partial charge < -0.3 is 16.4 Å². The van der Waals surface area contributed by atoms with Gasteiger partial charge in [-0.15, -0.1) is 0 Å². The summed E-state index contributed by atoms with van der Waals surface area (Å²) in [5.74, 6) is 1.19. The molecule has 0 saturated carbocycles. The predicted octanol–water partition coefficient (Wildman–Crippen LogP) is 2.03. The summed E-state index contributed by atoms with van der Waals surface area (Å²) in [5.41, 5.74) is 5.74. The minimum Gasteiger partial charge on any atom is -0.382 e. The van der Waals surface area contributed by atoms with Crippen molar-refractivity contribution in [3.63, 3.8) is 0 Å². The molecule has 0 aromatic carbocycles. The van der Waals surface area contributed by atoms with Crippen LogP contribution < -0.4 is 16.4 Å². The van der Waals surface area contributed by atoms with Crippen molar-refractivity contribution in [2.24, 2.45) is 0 Å². The molecule has 0 radical (unpaired) electrons. The molecule has 1 unspecified atom stereocenters. The number of nitrogens with one attached hydrogen (secondary N) is 2. The smallest absolute Gasteiger partial charge is 0.265 e. The summed E-state index contributed by atoms with van der Waals surface area (Å²) >= 11 is 3.06. The lowest BCUT2D eigenvalue weighted by molar-refractivity contribution is 0.0944. The van der Waals surface area contributed by atoms with E-state index in [2.05, 4.69) is 21.9 Å². The number of rotatable bonds is 7. The Kier molecular flexibility index (Phi) is 6.28. The number of anilines is 2. The molecule has 0 bridgehead atoms. The first-order valence-electron chi connectivity index (χ1n) is 5.88. The average molecular weight is 288 g/mol. The van der Waals surface area contributed by atoms with Gasteiger partial charge in [0.05, 0.1) is 0 Å². The van der Waals surface area contributed by atoms with Crippen LogP contribution >= 0.6 is 23.1 Å². The molecule has 18 heavy (non-hydrogen) atoms. The second-order valence-corrected chi connectivity index (χ2v) is 5.90. The monoisotopic (exact) mass is 288 g/mol. The fourth-order valence-corrected chi connectivity index (χ4v) is 2.82. The number of thiazole rings is 1. The first-order valence-corrected chi connectivity index (χ1v) is 8.09. The highest BCUT2D eigenvalue weighted by atomic mass is 32.2. The Labute approximate surface area is 116 Å². The van der Waals surface area contributed by atoms with Crippen LogP contribution in [-0.2, 0) is 0 Å². The molecule has 7 heteroatoms. The third kappa shape index (κ3) is 4.38. The van der Waals surface area contributed by atoms with Crippen LogP contribution in [0.2, 0.25) is 0 Å². The standard InChI is InChI=1S/C11H20N4OS2/c1-4-13-11-15-9(12)8(18-11)10(16)14-7(2)5-6-17-3/h7H,4-6,12H2,1-3H3,(H,13,15)(H,14,16). The van der Waals surface area contributed by atoms with Gasteiger partial charge in [0.2, 0.25) is 0 Å². The van der Waals surface area contributed by atoms with E-state index in [1.807, 2.05) is 13.8 Å². The highest BCUT2D eigenvalue weighted by Crippen LogP contribution is 2.24. The Morgan fingerprint density at radius 1 is 1.61 bits per heavy atom. The third-order valence-electron chi connectivity index (χ3n) is 2.32. The molecule has 0 saturated heterocycles. The predicted molar refractivity (Wildman–Crippen MR) is 80.6 cm³/mol. The number of nitrogens with two attached hydrogens (primary N) is 1. The summed E-state index contributed by atoms with van der Waals surface area (Å²) in [7, 11) is 0.